The predicted octanol–water partition coefficient (Wildman–Crippen LogP) is 3.46. The number of H-pyrrole nitrogens is 1. The molecule has 1 amide bonds. The highest BCUT2D eigenvalue weighted by atomic mass is 32.1. The van der Waals surface area contributed by atoms with E-state index >= 15 is 0 Å². The lowest BCUT2D eigenvalue weighted by atomic mass is 9.87. The molecule has 1 aliphatic carbocycles. The van der Waals surface area contributed by atoms with Crippen molar-refractivity contribution < 1.29 is 15.0 Å². The van der Waals surface area contributed by atoms with Crippen molar-refractivity contribution in [1.29, 1.82) is 0 Å². The molecular formula is C31H44N4O4S. The van der Waals surface area contributed by atoms with E-state index in [1.165, 1.54) is 29.5 Å². The van der Waals surface area contributed by atoms with Gasteiger partial charge in [-0.25, -0.2) is 0 Å². The number of aliphatic hydroxyl groups is 1. The molecule has 1 heterocycles. The molecule has 0 bridgehead atoms. The van der Waals surface area contributed by atoms with Crippen LogP contribution in [-0.4, -0.2) is 76.8 Å². The van der Waals surface area contributed by atoms with Crippen LogP contribution in [0.5, 0.6) is 5.75 Å². The molecule has 0 saturated carbocycles. The number of nitrogens with two attached hydrogens (primary N) is 1. The SMILES string of the molecule is CC(C)(CO)CN(CCc1ccc(O)c2[nH]c(=O)sc12)CCN(CCC(N)=O)CCc1cccc2c1CCCC2. The number of carbonyl (C=O) groups excluding carboxylic acids is 1. The fourth-order valence-electron chi connectivity index (χ4n) is 5.73. The monoisotopic (exact) mass is 568 g/mol. The summed E-state index contributed by atoms with van der Waals surface area (Å²) in [4.78, 5) is 30.8. The average molecular weight is 569 g/mol. The van der Waals surface area contributed by atoms with Gasteiger partial charge in [-0.15, -0.1) is 0 Å². The number of primary amides is 1. The molecule has 0 saturated heterocycles. The number of aryl methyl sites for hydroxylation is 1. The number of fused-ring (bicyclic) bond motifs is 2. The number of nitrogens with zero attached hydrogens (tertiary/aromatic N) is 2. The molecule has 0 aliphatic heterocycles. The lowest BCUT2D eigenvalue weighted by Gasteiger charge is -2.33. The molecule has 0 radical (unpaired) electrons. The van der Waals surface area contributed by atoms with Gasteiger partial charge in [0.1, 0.15) is 11.3 Å². The molecule has 4 rings (SSSR count). The molecule has 0 spiro atoms. The summed E-state index contributed by atoms with van der Waals surface area (Å²) in [6.45, 7) is 8.69. The van der Waals surface area contributed by atoms with Gasteiger partial charge >= 0.3 is 4.87 Å². The lowest BCUT2D eigenvalue weighted by molar-refractivity contribution is -0.118. The van der Waals surface area contributed by atoms with Crippen molar-refractivity contribution in [2.75, 3.05) is 45.9 Å². The maximum absolute atomic E-state index is 12.0. The van der Waals surface area contributed by atoms with E-state index in [1.807, 2.05) is 6.07 Å². The fraction of sp³-hybridized carbons (Fsp3) is 0.548. The van der Waals surface area contributed by atoms with E-state index in [2.05, 4.69) is 46.8 Å². The third-order valence-corrected chi connectivity index (χ3v) is 8.97. The van der Waals surface area contributed by atoms with Gasteiger partial charge in [-0.1, -0.05) is 49.4 Å². The van der Waals surface area contributed by atoms with Crippen LogP contribution in [0.3, 0.4) is 0 Å². The lowest BCUT2D eigenvalue weighted by Crippen LogP contribution is -2.43. The second-order valence-corrected chi connectivity index (χ2v) is 12.9. The summed E-state index contributed by atoms with van der Waals surface area (Å²) in [6, 6.07) is 10.2. The average Bonchev–Trinajstić information content (AvgIpc) is 3.34. The minimum Gasteiger partial charge on any atom is -0.506 e. The molecule has 9 heteroatoms. The van der Waals surface area contributed by atoms with Crippen LogP contribution in [0.25, 0.3) is 10.2 Å². The van der Waals surface area contributed by atoms with Crippen molar-refractivity contribution in [3.05, 3.63) is 62.3 Å². The molecular weight excluding hydrogens is 524 g/mol. The van der Waals surface area contributed by atoms with Gasteiger partial charge in [-0.3, -0.25) is 9.59 Å². The number of hydrogen-bond donors (Lipinski definition) is 4. The maximum Gasteiger partial charge on any atom is 0.305 e. The van der Waals surface area contributed by atoms with Crippen LogP contribution in [0, 0.1) is 5.41 Å². The third-order valence-electron chi connectivity index (χ3n) is 8.01. The van der Waals surface area contributed by atoms with Crippen LogP contribution < -0.4 is 10.6 Å². The number of benzene rings is 2. The van der Waals surface area contributed by atoms with Crippen LogP contribution in [0.15, 0.2) is 35.1 Å². The number of phenolic OH excluding ortho intramolecular Hbond substituents is 1. The van der Waals surface area contributed by atoms with Gasteiger partial charge < -0.3 is 30.7 Å². The molecule has 8 nitrogen and oxygen atoms in total. The van der Waals surface area contributed by atoms with E-state index in [-0.39, 0.29) is 28.6 Å². The number of aliphatic hydroxyl groups excluding tert-OH is 1. The topological polar surface area (TPSA) is 123 Å². The standard InChI is InChI=1S/C31H44N4O4S/c1-31(2,21-36)20-35(16-13-24-10-11-26(37)28-29(24)40-30(39)33-28)19-18-34(17-14-27(32)38)15-12-23-8-5-7-22-6-3-4-9-25(22)23/h5,7-8,10-11,36-37H,3-4,6,9,12-21H2,1-2H3,(H2,32,38)(H,33,39). The normalized spacial score (nSPS) is 13.8. The molecule has 3 aromatic rings. The molecule has 5 N–H and O–H groups in total. The van der Waals surface area contributed by atoms with Gasteiger partial charge in [-0.05, 0) is 66.8 Å². The van der Waals surface area contributed by atoms with Crippen molar-refractivity contribution in [2.45, 2.75) is 58.8 Å². The molecule has 2 aromatic carbocycles. The number of phenols is 1. The fourth-order valence-corrected chi connectivity index (χ4v) is 6.63. The van der Waals surface area contributed by atoms with Gasteiger partial charge in [0.2, 0.25) is 5.91 Å². The largest absolute Gasteiger partial charge is 0.506 e. The van der Waals surface area contributed by atoms with Gasteiger partial charge in [0.25, 0.3) is 0 Å². The van der Waals surface area contributed by atoms with E-state index in [0.29, 0.717) is 31.4 Å². The van der Waals surface area contributed by atoms with Crippen molar-refractivity contribution in [3.63, 3.8) is 0 Å². The van der Waals surface area contributed by atoms with E-state index in [1.54, 1.807) is 6.07 Å². The van der Waals surface area contributed by atoms with Gasteiger partial charge in [0, 0.05) is 57.7 Å². The third kappa shape index (κ3) is 8.16. The van der Waals surface area contributed by atoms with E-state index in [4.69, 9.17) is 5.73 Å². The highest BCUT2D eigenvalue weighted by Gasteiger charge is 2.22. The summed E-state index contributed by atoms with van der Waals surface area (Å²) < 4.78 is 0.792. The highest BCUT2D eigenvalue weighted by molar-refractivity contribution is 7.16. The number of nitrogens with one attached hydrogen (secondary N) is 1. The second kappa shape index (κ2) is 13.8. The number of hydrogen-bond acceptors (Lipinski definition) is 7. The van der Waals surface area contributed by atoms with Crippen molar-refractivity contribution in [3.8, 4) is 5.75 Å². The summed E-state index contributed by atoms with van der Waals surface area (Å²) in [6.07, 6.45) is 6.81. The predicted molar refractivity (Wildman–Crippen MR) is 162 cm³/mol. The number of thiazole rings is 1. The number of rotatable bonds is 15. The van der Waals surface area contributed by atoms with Crippen molar-refractivity contribution in [1.82, 2.24) is 14.8 Å². The maximum atomic E-state index is 12.0. The first-order valence-corrected chi connectivity index (χ1v) is 15.2. The number of amides is 1. The first-order valence-electron chi connectivity index (χ1n) is 14.4. The molecule has 1 aliphatic rings. The Morgan fingerprint density at radius 3 is 2.50 bits per heavy atom. The van der Waals surface area contributed by atoms with Gasteiger partial charge in [-0.2, -0.15) is 0 Å². The van der Waals surface area contributed by atoms with E-state index in [9.17, 15) is 19.8 Å². The molecule has 1 aromatic heterocycles. The zero-order valence-electron chi connectivity index (χ0n) is 23.9. The van der Waals surface area contributed by atoms with Crippen LogP contribution in [0.2, 0.25) is 0 Å². The quantitative estimate of drug-likeness (QED) is 0.223. The van der Waals surface area contributed by atoms with Gasteiger partial charge in [0.05, 0.1) is 4.70 Å². The van der Waals surface area contributed by atoms with Crippen LogP contribution in [0.4, 0.5) is 0 Å². The van der Waals surface area contributed by atoms with E-state index < -0.39 is 0 Å². The zero-order chi connectivity index (χ0) is 28.7. The van der Waals surface area contributed by atoms with E-state index in [0.717, 1.165) is 67.0 Å². The summed E-state index contributed by atoms with van der Waals surface area (Å²) in [7, 11) is 0. The molecule has 40 heavy (non-hydrogen) atoms. The zero-order valence-corrected chi connectivity index (χ0v) is 24.7. The van der Waals surface area contributed by atoms with Crippen molar-refractivity contribution >= 4 is 27.5 Å². The Morgan fingerprint density at radius 2 is 1.73 bits per heavy atom. The van der Waals surface area contributed by atoms with Gasteiger partial charge in [0.15, 0.2) is 0 Å². The van der Waals surface area contributed by atoms with Crippen LogP contribution >= 0.6 is 11.3 Å². The summed E-state index contributed by atoms with van der Waals surface area (Å²) in [5.74, 6) is -0.206. The molecule has 0 fully saturated rings. The molecule has 218 valence electrons. The summed E-state index contributed by atoms with van der Waals surface area (Å²) in [5.41, 5.74) is 11.2. The Morgan fingerprint density at radius 1 is 1.00 bits per heavy atom. The minimum atomic E-state index is -0.290. The van der Waals surface area contributed by atoms with Crippen LogP contribution in [-0.2, 0) is 30.5 Å². The van der Waals surface area contributed by atoms with Crippen molar-refractivity contribution in [2.24, 2.45) is 11.1 Å². The summed E-state index contributed by atoms with van der Waals surface area (Å²) in [5, 5.41) is 20.1. The number of aromatic amines is 1. The second-order valence-electron chi connectivity index (χ2n) is 11.9. The Bertz CT molecular complexity index is 1350. The Balaban J connectivity index is 1.45. The first kappa shape index (κ1) is 30.2. The summed E-state index contributed by atoms with van der Waals surface area (Å²) >= 11 is 1.12. The van der Waals surface area contributed by atoms with Crippen LogP contribution in [0.1, 0.15) is 55.4 Å². The smallest absolute Gasteiger partial charge is 0.305 e. The number of aromatic hydroxyl groups is 1. The minimum absolute atomic E-state index is 0.0802. The Hall–Kier alpha value is -2.72. The Kier molecular flexibility index (Phi) is 10.4. The number of aromatic nitrogens is 1. The highest BCUT2D eigenvalue weighted by Crippen LogP contribution is 2.29. The number of carbonyl (C=O) groups is 1. The first-order chi connectivity index (χ1) is 19.1. The molecule has 0 atom stereocenters. The molecule has 0 unspecified atom stereocenters. The Labute approximate surface area is 240 Å².